The molecule has 3 aromatic rings. The van der Waals surface area contributed by atoms with Gasteiger partial charge in [0.05, 0.1) is 16.6 Å². The van der Waals surface area contributed by atoms with E-state index in [1.165, 1.54) is 0 Å². The number of aromatic nitrogens is 4. The lowest BCUT2D eigenvalue weighted by Gasteiger charge is -2.10. The number of hydrogen-bond donors (Lipinski definition) is 2. The fraction of sp³-hybridized carbons (Fsp3) is 0.476. The first kappa shape index (κ1) is 20.7. The van der Waals surface area contributed by atoms with Crippen LogP contribution in [0.4, 0.5) is 5.82 Å². The van der Waals surface area contributed by atoms with E-state index in [0.29, 0.717) is 53.9 Å². The summed E-state index contributed by atoms with van der Waals surface area (Å²) in [6.45, 7) is 6.66. The summed E-state index contributed by atoms with van der Waals surface area (Å²) in [5.41, 5.74) is 2.14. The first-order valence-corrected chi connectivity index (χ1v) is 10.0. The maximum atomic E-state index is 11.8. The number of aryl methyl sites for hydroxylation is 1. The van der Waals surface area contributed by atoms with Gasteiger partial charge >= 0.3 is 5.97 Å². The van der Waals surface area contributed by atoms with Crippen LogP contribution < -0.4 is 5.32 Å². The van der Waals surface area contributed by atoms with Crippen molar-refractivity contribution in [3.8, 4) is 0 Å². The van der Waals surface area contributed by atoms with E-state index in [1.54, 1.807) is 18.2 Å². The number of carbonyl (C=O) groups is 2. The third-order valence-electron chi connectivity index (χ3n) is 4.79. The summed E-state index contributed by atoms with van der Waals surface area (Å²) < 4.78 is 1.88. The van der Waals surface area contributed by atoms with Crippen LogP contribution in [-0.4, -0.2) is 43.0 Å². The Morgan fingerprint density at radius 2 is 1.97 bits per heavy atom. The van der Waals surface area contributed by atoms with Gasteiger partial charge in [0, 0.05) is 19.4 Å². The maximum Gasteiger partial charge on any atom is 0.335 e. The number of benzene rings is 1. The predicted octanol–water partition coefficient (Wildman–Crippen LogP) is 3.87. The number of rotatable bonds is 10. The van der Waals surface area contributed by atoms with Gasteiger partial charge in [0.2, 0.25) is 5.65 Å². The highest BCUT2D eigenvalue weighted by molar-refractivity contribution is 5.93. The molecule has 2 aromatic heterocycles. The number of carboxylic acids is 1. The molecule has 8 nitrogen and oxygen atoms in total. The average molecular weight is 397 g/mol. The van der Waals surface area contributed by atoms with Crippen LogP contribution in [0.15, 0.2) is 18.2 Å². The Balaban J connectivity index is 1.68. The molecule has 0 spiro atoms. The van der Waals surface area contributed by atoms with Crippen molar-refractivity contribution >= 4 is 34.3 Å². The summed E-state index contributed by atoms with van der Waals surface area (Å²) in [6, 6.07) is 4.84. The van der Waals surface area contributed by atoms with Gasteiger partial charge in [-0.3, -0.25) is 9.20 Å². The average Bonchev–Trinajstić information content (AvgIpc) is 3.05. The zero-order valence-electron chi connectivity index (χ0n) is 17.1. The lowest BCUT2D eigenvalue weighted by Crippen LogP contribution is -2.08. The van der Waals surface area contributed by atoms with Crippen molar-refractivity contribution in [3.63, 3.8) is 0 Å². The monoisotopic (exact) mass is 397 g/mol. The van der Waals surface area contributed by atoms with E-state index in [-0.39, 0.29) is 5.56 Å². The minimum absolute atomic E-state index is 0.187. The molecule has 0 aliphatic heterocycles. The second-order valence-corrected chi connectivity index (χ2v) is 7.75. The molecular formula is C21H27N5O3. The van der Waals surface area contributed by atoms with E-state index in [2.05, 4.69) is 34.3 Å². The van der Waals surface area contributed by atoms with Gasteiger partial charge in [0.25, 0.3) is 0 Å². The van der Waals surface area contributed by atoms with Crippen LogP contribution in [0.1, 0.15) is 62.1 Å². The number of Topliss-reactive ketones (excluding diaryl/α,β-unsaturated/α-hetero) is 1. The van der Waals surface area contributed by atoms with Crippen molar-refractivity contribution in [1.29, 1.82) is 0 Å². The van der Waals surface area contributed by atoms with Crippen LogP contribution in [0.5, 0.6) is 0 Å². The van der Waals surface area contributed by atoms with E-state index in [0.717, 1.165) is 24.8 Å². The summed E-state index contributed by atoms with van der Waals surface area (Å²) in [5.74, 6) is 1.05. The fourth-order valence-corrected chi connectivity index (χ4v) is 3.42. The van der Waals surface area contributed by atoms with Gasteiger partial charge in [-0.15, -0.1) is 10.2 Å². The number of unbranched alkanes of at least 4 members (excludes halogenated alkanes) is 2. The van der Waals surface area contributed by atoms with Crippen LogP contribution >= 0.6 is 0 Å². The Bertz CT molecular complexity index is 1040. The Labute approximate surface area is 169 Å². The number of anilines is 1. The fourth-order valence-electron chi connectivity index (χ4n) is 3.42. The van der Waals surface area contributed by atoms with Crippen LogP contribution in [-0.2, 0) is 4.79 Å². The normalized spacial score (nSPS) is 11.4. The highest BCUT2D eigenvalue weighted by atomic mass is 16.4. The molecule has 0 amide bonds. The highest BCUT2D eigenvalue weighted by Gasteiger charge is 2.14. The third-order valence-corrected chi connectivity index (χ3v) is 4.79. The lowest BCUT2D eigenvalue weighted by atomic mass is 10.0. The molecule has 1 aromatic carbocycles. The molecule has 0 atom stereocenters. The van der Waals surface area contributed by atoms with Crippen LogP contribution in [0, 0.1) is 12.8 Å². The van der Waals surface area contributed by atoms with Crippen molar-refractivity contribution in [1.82, 2.24) is 19.6 Å². The number of fused-ring (bicyclic) bond motifs is 3. The van der Waals surface area contributed by atoms with Gasteiger partial charge < -0.3 is 10.4 Å². The van der Waals surface area contributed by atoms with E-state index in [9.17, 15) is 14.7 Å². The molecule has 0 aliphatic rings. The molecule has 0 aliphatic carbocycles. The summed E-state index contributed by atoms with van der Waals surface area (Å²) in [6.07, 6.45) is 4.04. The maximum absolute atomic E-state index is 11.8. The van der Waals surface area contributed by atoms with Crippen molar-refractivity contribution in [2.24, 2.45) is 5.92 Å². The minimum atomic E-state index is -0.990. The number of carbonyl (C=O) groups excluding carboxylic acids is 1. The zero-order chi connectivity index (χ0) is 21.0. The standard InChI is InChI=1S/C21H27N5O3/c1-13(2)11-16(27)7-5-4-6-10-22-19-20-25-24-14(3)26(20)18-9-8-15(21(28)29)12-17(18)23-19/h8-9,12-13H,4-7,10-11H2,1-3H3,(H,22,23)(H,28,29). The van der Waals surface area contributed by atoms with Gasteiger partial charge in [0.1, 0.15) is 11.6 Å². The van der Waals surface area contributed by atoms with Gasteiger partial charge in [0.15, 0.2) is 5.82 Å². The molecule has 0 unspecified atom stereocenters. The number of carboxylic acid groups (broad SMARTS) is 1. The lowest BCUT2D eigenvalue weighted by molar-refractivity contribution is -0.119. The van der Waals surface area contributed by atoms with Gasteiger partial charge in [-0.05, 0) is 43.9 Å². The number of ketones is 1. The Morgan fingerprint density at radius 3 is 2.69 bits per heavy atom. The summed E-state index contributed by atoms with van der Waals surface area (Å²) in [5, 5.41) is 20.9. The van der Waals surface area contributed by atoms with Crippen molar-refractivity contribution in [2.75, 3.05) is 11.9 Å². The first-order chi connectivity index (χ1) is 13.9. The van der Waals surface area contributed by atoms with Crippen LogP contribution in [0.3, 0.4) is 0 Å². The second-order valence-electron chi connectivity index (χ2n) is 7.75. The topological polar surface area (TPSA) is 109 Å². The molecule has 29 heavy (non-hydrogen) atoms. The van der Waals surface area contributed by atoms with Gasteiger partial charge in [-0.1, -0.05) is 20.3 Å². The van der Waals surface area contributed by atoms with Gasteiger partial charge in [-0.2, -0.15) is 0 Å². The number of aromatic carboxylic acids is 1. The minimum Gasteiger partial charge on any atom is -0.478 e. The van der Waals surface area contributed by atoms with Crippen LogP contribution in [0.25, 0.3) is 16.7 Å². The highest BCUT2D eigenvalue weighted by Crippen LogP contribution is 2.23. The van der Waals surface area contributed by atoms with Crippen molar-refractivity contribution < 1.29 is 14.7 Å². The molecule has 8 heteroatoms. The first-order valence-electron chi connectivity index (χ1n) is 10.0. The molecule has 0 radical (unpaired) electrons. The molecule has 154 valence electrons. The summed E-state index contributed by atoms with van der Waals surface area (Å²) in [7, 11) is 0. The van der Waals surface area contributed by atoms with E-state index < -0.39 is 5.97 Å². The van der Waals surface area contributed by atoms with E-state index in [1.807, 2.05) is 11.3 Å². The SMILES string of the molecule is Cc1nnc2c(NCCCCCC(=O)CC(C)C)nc3cc(C(=O)O)ccc3n12. The predicted molar refractivity (Wildman–Crippen MR) is 111 cm³/mol. The Hall–Kier alpha value is -3.03. The van der Waals surface area contributed by atoms with Crippen molar-refractivity contribution in [3.05, 3.63) is 29.6 Å². The molecule has 0 bridgehead atoms. The largest absolute Gasteiger partial charge is 0.478 e. The number of nitrogens with one attached hydrogen (secondary N) is 1. The molecule has 0 saturated heterocycles. The third kappa shape index (κ3) is 4.88. The van der Waals surface area contributed by atoms with Crippen LogP contribution in [0.2, 0.25) is 0 Å². The molecular weight excluding hydrogens is 370 g/mol. The second kappa shape index (κ2) is 8.98. The summed E-state index contributed by atoms with van der Waals surface area (Å²) in [4.78, 5) is 27.6. The molecule has 2 N–H and O–H groups in total. The smallest absolute Gasteiger partial charge is 0.335 e. The van der Waals surface area contributed by atoms with Crippen molar-refractivity contribution in [2.45, 2.75) is 52.9 Å². The Kier molecular flexibility index (Phi) is 6.41. The molecule has 3 rings (SSSR count). The van der Waals surface area contributed by atoms with E-state index in [4.69, 9.17) is 0 Å². The summed E-state index contributed by atoms with van der Waals surface area (Å²) >= 11 is 0. The number of nitrogens with zero attached hydrogens (tertiary/aromatic N) is 4. The van der Waals surface area contributed by atoms with Gasteiger partial charge in [-0.25, -0.2) is 9.78 Å². The van der Waals surface area contributed by atoms with E-state index >= 15 is 0 Å². The molecule has 0 saturated carbocycles. The number of hydrogen-bond acceptors (Lipinski definition) is 6. The molecule has 2 heterocycles. The Morgan fingerprint density at radius 1 is 1.17 bits per heavy atom. The quantitative estimate of drug-likeness (QED) is 0.500. The zero-order valence-corrected chi connectivity index (χ0v) is 17.1. The molecule has 0 fully saturated rings.